The molecule has 1 amide bonds. The fourth-order valence-corrected chi connectivity index (χ4v) is 3.68. The molecule has 0 radical (unpaired) electrons. The lowest BCUT2D eigenvalue weighted by Gasteiger charge is -2.17. The van der Waals surface area contributed by atoms with Crippen LogP contribution in [0.5, 0.6) is 0 Å². The molecule has 0 saturated heterocycles. The van der Waals surface area contributed by atoms with Crippen LogP contribution in [0.2, 0.25) is 0 Å². The van der Waals surface area contributed by atoms with Gasteiger partial charge >= 0.3 is 0 Å². The van der Waals surface area contributed by atoms with Crippen LogP contribution in [0.25, 0.3) is 0 Å². The van der Waals surface area contributed by atoms with Crippen molar-refractivity contribution >= 4 is 37.5 Å². The maximum absolute atomic E-state index is 13.3. The number of nitrogens with one attached hydrogen (secondary N) is 1. The predicted molar refractivity (Wildman–Crippen MR) is 93.7 cm³/mol. The first-order valence-corrected chi connectivity index (χ1v) is 9.32. The minimum atomic E-state index is -4.12. The average molecular weight is 433 g/mol. The van der Waals surface area contributed by atoms with Gasteiger partial charge in [0.1, 0.15) is 0 Å². The average Bonchev–Trinajstić information content (AvgIpc) is 2.52. The molecule has 0 spiro atoms. The lowest BCUT2D eigenvalue weighted by molar-refractivity contribution is -0.116. The predicted octanol–water partition coefficient (Wildman–Crippen LogP) is 3.29. The summed E-state index contributed by atoms with van der Waals surface area (Å²) in [5.41, 5.74) is 1.35. The topological polar surface area (TPSA) is 66.5 Å². The third-order valence-corrected chi connectivity index (χ3v) is 5.72. The minimum Gasteiger partial charge on any atom is -0.325 e. The highest BCUT2D eigenvalue weighted by molar-refractivity contribution is 9.10. The van der Waals surface area contributed by atoms with Crippen LogP contribution in [0.3, 0.4) is 0 Å². The van der Waals surface area contributed by atoms with E-state index in [1.165, 1.54) is 7.05 Å². The van der Waals surface area contributed by atoms with Crippen LogP contribution < -0.4 is 5.32 Å². The number of hydrogen-bond acceptors (Lipinski definition) is 3. The third-order valence-electron chi connectivity index (χ3n) is 3.43. The van der Waals surface area contributed by atoms with Crippen molar-refractivity contribution in [1.82, 2.24) is 4.31 Å². The second kappa shape index (κ2) is 7.59. The van der Waals surface area contributed by atoms with Crippen molar-refractivity contribution in [3.63, 3.8) is 0 Å². The van der Waals surface area contributed by atoms with Gasteiger partial charge in [0.05, 0.1) is 11.4 Å². The molecule has 2 aromatic rings. The van der Waals surface area contributed by atoms with Crippen LogP contribution >= 0.6 is 15.9 Å². The first-order chi connectivity index (χ1) is 11.6. The number of halogens is 3. The smallest absolute Gasteiger partial charge is 0.243 e. The first kappa shape index (κ1) is 19.5. The van der Waals surface area contributed by atoms with E-state index in [9.17, 15) is 22.0 Å². The Hall–Kier alpha value is -1.84. The van der Waals surface area contributed by atoms with Gasteiger partial charge in [0, 0.05) is 17.2 Å². The van der Waals surface area contributed by atoms with Gasteiger partial charge in [0.2, 0.25) is 15.9 Å². The van der Waals surface area contributed by atoms with E-state index in [1.54, 1.807) is 25.1 Å². The summed E-state index contributed by atoms with van der Waals surface area (Å²) in [6, 6.07) is 7.48. The largest absolute Gasteiger partial charge is 0.325 e. The lowest BCUT2D eigenvalue weighted by Crippen LogP contribution is -2.35. The highest BCUT2D eigenvalue weighted by atomic mass is 79.9. The van der Waals surface area contributed by atoms with Gasteiger partial charge < -0.3 is 5.32 Å². The summed E-state index contributed by atoms with van der Waals surface area (Å²) in [6.45, 7) is 1.32. The van der Waals surface area contributed by atoms with E-state index in [4.69, 9.17) is 0 Å². The lowest BCUT2D eigenvalue weighted by atomic mass is 10.2. The number of nitrogens with zero attached hydrogens (tertiary/aromatic N) is 1. The highest BCUT2D eigenvalue weighted by Crippen LogP contribution is 2.21. The van der Waals surface area contributed by atoms with Gasteiger partial charge in [0.15, 0.2) is 11.6 Å². The Labute approximate surface area is 152 Å². The summed E-state index contributed by atoms with van der Waals surface area (Å²) in [6.07, 6.45) is 0. The Bertz CT molecular complexity index is 920. The second-order valence-corrected chi connectivity index (χ2v) is 8.30. The number of hydrogen-bond donors (Lipinski definition) is 1. The van der Waals surface area contributed by atoms with Gasteiger partial charge in [0.25, 0.3) is 0 Å². The Morgan fingerprint density at radius 1 is 1.16 bits per heavy atom. The molecule has 0 aromatic heterocycles. The van der Waals surface area contributed by atoms with E-state index in [-0.39, 0.29) is 0 Å². The molecule has 5 nitrogen and oxygen atoms in total. The fourth-order valence-electron chi connectivity index (χ4n) is 2.06. The molecule has 0 unspecified atom stereocenters. The van der Waals surface area contributed by atoms with Gasteiger partial charge in [-0.2, -0.15) is 4.31 Å². The summed E-state index contributed by atoms with van der Waals surface area (Å²) in [4.78, 5) is 11.7. The summed E-state index contributed by atoms with van der Waals surface area (Å²) in [7, 11) is -2.94. The van der Waals surface area contributed by atoms with Crippen molar-refractivity contribution in [2.75, 3.05) is 18.9 Å². The molecule has 0 aliphatic carbocycles. The fraction of sp³-hybridized carbons (Fsp3) is 0.188. The van der Waals surface area contributed by atoms with Gasteiger partial charge in [-0.1, -0.05) is 15.9 Å². The zero-order chi connectivity index (χ0) is 18.8. The third kappa shape index (κ3) is 4.62. The van der Waals surface area contributed by atoms with Crippen molar-refractivity contribution in [3.05, 3.63) is 58.1 Å². The highest BCUT2D eigenvalue weighted by Gasteiger charge is 2.24. The molecule has 0 saturated carbocycles. The standard InChI is InChI=1S/C16H15BrF2N2O3S/c1-10-7-11(17)3-6-15(10)20-16(22)9-21(2)25(23,24)12-4-5-13(18)14(19)8-12/h3-8H,9H2,1-2H3,(H,20,22). The minimum absolute atomic E-state index is 0.429. The van der Waals surface area contributed by atoms with Crippen molar-refractivity contribution in [2.45, 2.75) is 11.8 Å². The maximum Gasteiger partial charge on any atom is 0.243 e. The quantitative estimate of drug-likeness (QED) is 0.787. The number of sulfonamides is 1. The van der Waals surface area contributed by atoms with Gasteiger partial charge in [-0.3, -0.25) is 4.79 Å². The number of likely N-dealkylation sites (N-methyl/N-ethyl adjacent to an activating group) is 1. The molecule has 0 atom stereocenters. The number of carbonyl (C=O) groups excluding carboxylic acids is 1. The number of anilines is 1. The van der Waals surface area contributed by atoms with E-state index in [0.29, 0.717) is 11.8 Å². The van der Waals surface area contributed by atoms with Gasteiger partial charge in [-0.05, 0) is 48.9 Å². The van der Waals surface area contributed by atoms with Crippen LogP contribution in [-0.2, 0) is 14.8 Å². The second-order valence-electron chi connectivity index (χ2n) is 5.34. The molecule has 0 fully saturated rings. The van der Waals surface area contributed by atoms with Gasteiger partial charge in [-0.15, -0.1) is 0 Å². The number of aryl methyl sites for hydroxylation is 1. The SMILES string of the molecule is Cc1cc(Br)ccc1NC(=O)CN(C)S(=O)(=O)c1ccc(F)c(F)c1. The first-order valence-electron chi connectivity index (χ1n) is 7.08. The summed E-state index contributed by atoms with van der Waals surface area (Å²) >= 11 is 3.31. The molecule has 2 rings (SSSR count). The van der Waals surface area contributed by atoms with Crippen molar-refractivity contribution < 1.29 is 22.0 Å². The number of carbonyl (C=O) groups is 1. The van der Waals surface area contributed by atoms with Crippen LogP contribution in [0.1, 0.15) is 5.56 Å². The normalized spacial score (nSPS) is 11.6. The molecular formula is C16H15BrF2N2O3S. The molecule has 25 heavy (non-hydrogen) atoms. The molecule has 1 N–H and O–H groups in total. The van der Waals surface area contributed by atoms with Crippen LogP contribution in [0, 0.1) is 18.6 Å². The zero-order valence-electron chi connectivity index (χ0n) is 13.4. The van der Waals surface area contributed by atoms with Crippen molar-refractivity contribution in [2.24, 2.45) is 0 Å². The molecule has 134 valence electrons. The Morgan fingerprint density at radius 2 is 1.84 bits per heavy atom. The van der Waals surface area contributed by atoms with E-state index in [1.807, 2.05) is 0 Å². The maximum atomic E-state index is 13.3. The Morgan fingerprint density at radius 3 is 2.44 bits per heavy atom. The Kier molecular flexibility index (Phi) is 5.91. The molecular weight excluding hydrogens is 418 g/mol. The van der Waals surface area contributed by atoms with E-state index in [0.717, 1.165) is 26.5 Å². The van der Waals surface area contributed by atoms with Crippen molar-refractivity contribution in [1.29, 1.82) is 0 Å². The Balaban J connectivity index is 2.13. The molecule has 2 aromatic carbocycles. The molecule has 9 heteroatoms. The molecule has 0 aliphatic heterocycles. The van der Waals surface area contributed by atoms with Crippen LogP contribution in [-0.4, -0.2) is 32.2 Å². The number of benzene rings is 2. The van der Waals surface area contributed by atoms with Crippen LogP contribution in [0.15, 0.2) is 45.8 Å². The molecule has 0 heterocycles. The van der Waals surface area contributed by atoms with Crippen molar-refractivity contribution in [3.8, 4) is 0 Å². The summed E-state index contributed by atoms with van der Waals surface area (Å²) in [5.74, 6) is -2.98. The number of amides is 1. The van der Waals surface area contributed by atoms with Crippen LogP contribution in [0.4, 0.5) is 14.5 Å². The van der Waals surface area contributed by atoms with E-state index < -0.39 is 39.0 Å². The molecule has 0 bridgehead atoms. The monoisotopic (exact) mass is 432 g/mol. The summed E-state index contributed by atoms with van der Waals surface area (Å²) < 4.78 is 52.5. The van der Waals surface area contributed by atoms with E-state index >= 15 is 0 Å². The van der Waals surface area contributed by atoms with E-state index in [2.05, 4.69) is 21.2 Å². The molecule has 0 aliphatic rings. The van der Waals surface area contributed by atoms with Gasteiger partial charge in [-0.25, -0.2) is 17.2 Å². The summed E-state index contributed by atoms with van der Waals surface area (Å²) in [5, 5.41) is 2.61. The zero-order valence-corrected chi connectivity index (χ0v) is 15.8. The number of rotatable bonds is 5.